The number of fused-ring (bicyclic) bond motifs is 1. The molecule has 32 heavy (non-hydrogen) atoms. The van der Waals surface area contributed by atoms with Crippen LogP contribution in [-0.2, 0) is 11.2 Å². The van der Waals surface area contributed by atoms with E-state index in [9.17, 15) is 4.79 Å². The van der Waals surface area contributed by atoms with Gasteiger partial charge in [-0.15, -0.1) is 0 Å². The lowest BCUT2D eigenvalue weighted by atomic mass is 10.0. The second-order valence-electron chi connectivity index (χ2n) is 7.49. The summed E-state index contributed by atoms with van der Waals surface area (Å²) in [6.45, 7) is 5.81. The van der Waals surface area contributed by atoms with Crippen LogP contribution in [-0.4, -0.2) is 26.9 Å². The molecular weight excluding hydrogens is 426 g/mol. The van der Waals surface area contributed by atoms with Crippen LogP contribution in [0.15, 0.2) is 48.7 Å². The molecule has 0 spiro atoms. The van der Waals surface area contributed by atoms with Crippen LogP contribution < -0.4 is 15.8 Å². The van der Waals surface area contributed by atoms with Gasteiger partial charge in [-0.3, -0.25) is 9.20 Å². The van der Waals surface area contributed by atoms with E-state index in [0.29, 0.717) is 28.1 Å². The first-order chi connectivity index (χ1) is 15.4. The van der Waals surface area contributed by atoms with E-state index < -0.39 is 5.91 Å². The van der Waals surface area contributed by atoms with Gasteiger partial charge in [0.1, 0.15) is 17.3 Å². The zero-order valence-corrected chi connectivity index (χ0v) is 18.9. The molecule has 1 amide bonds. The number of primary amides is 1. The largest absolute Gasteiger partial charge is 0.483 e. The van der Waals surface area contributed by atoms with Crippen LogP contribution in [0.25, 0.3) is 17.0 Å². The second kappa shape index (κ2) is 8.88. The fourth-order valence-corrected chi connectivity index (χ4v) is 3.99. The molecule has 0 aliphatic heterocycles. The number of aromatic nitrogens is 3. The van der Waals surface area contributed by atoms with Gasteiger partial charge in [0, 0.05) is 17.5 Å². The summed E-state index contributed by atoms with van der Waals surface area (Å²) >= 11 is 6.53. The highest BCUT2D eigenvalue weighted by molar-refractivity contribution is 6.33. The van der Waals surface area contributed by atoms with E-state index in [4.69, 9.17) is 27.1 Å². The summed E-state index contributed by atoms with van der Waals surface area (Å²) in [7, 11) is 0. The number of nitrogens with two attached hydrogens (primary N) is 1. The molecule has 8 heteroatoms. The number of para-hydroxylation sites is 1. The van der Waals surface area contributed by atoms with Crippen molar-refractivity contribution in [2.24, 2.45) is 5.73 Å². The van der Waals surface area contributed by atoms with E-state index in [0.717, 1.165) is 34.5 Å². The van der Waals surface area contributed by atoms with E-state index in [1.165, 1.54) is 0 Å². The minimum Gasteiger partial charge on any atom is -0.483 e. The van der Waals surface area contributed by atoms with Gasteiger partial charge < -0.3 is 15.8 Å². The van der Waals surface area contributed by atoms with Crippen LogP contribution in [0.4, 0.5) is 11.5 Å². The Labute approximate surface area is 191 Å². The fraction of sp³-hybridized carbons (Fsp3) is 0.208. The summed E-state index contributed by atoms with van der Waals surface area (Å²) < 4.78 is 7.72. The maximum Gasteiger partial charge on any atom is 0.255 e. The Hall–Kier alpha value is -3.58. The van der Waals surface area contributed by atoms with Crippen molar-refractivity contribution < 1.29 is 9.53 Å². The number of halogens is 1. The quantitative estimate of drug-likeness (QED) is 0.421. The molecule has 0 saturated heterocycles. The standard InChI is InChI=1S/C24H24ClN5O2/c1-4-16-8-6-10-18(32-13-19(26)31)20(16)22-23(28-21-14(2)7-5-9-17(21)25)30-15(3)11-12-27-24(30)29-22/h5-12,28H,4,13H2,1-3H3,(H2,26,31). The molecule has 0 unspecified atom stereocenters. The maximum absolute atomic E-state index is 11.4. The van der Waals surface area contributed by atoms with Gasteiger partial charge in [0.25, 0.3) is 5.91 Å². The fourth-order valence-electron chi connectivity index (χ4n) is 3.72. The minimum atomic E-state index is -0.546. The molecule has 0 atom stereocenters. The number of hydrogen-bond donors (Lipinski definition) is 2. The Morgan fingerprint density at radius 3 is 2.69 bits per heavy atom. The molecule has 0 bridgehead atoms. The molecule has 0 aliphatic carbocycles. The van der Waals surface area contributed by atoms with E-state index in [1.807, 2.05) is 60.7 Å². The molecule has 0 radical (unpaired) electrons. The first-order valence-corrected chi connectivity index (χ1v) is 10.7. The van der Waals surface area contributed by atoms with Gasteiger partial charge >= 0.3 is 0 Å². The average molecular weight is 450 g/mol. The summed E-state index contributed by atoms with van der Waals surface area (Å²) in [6.07, 6.45) is 2.47. The normalized spacial score (nSPS) is 11.0. The number of ether oxygens (including phenoxy) is 1. The number of carbonyl (C=O) groups is 1. The number of anilines is 2. The van der Waals surface area contributed by atoms with Gasteiger partial charge in [-0.2, -0.15) is 0 Å². The molecule has 7 nitrogen and oxygen atoms in total. The third-order valence-electron chi connectivity index (χ3n) is 5.28. The second-order valence-corrected chi connectivity index (χ2v) is 7.89. The van der Waals surface area contributed by atoms with Crippen molar-refractivity contribution >= 4 is 34.8 Å². The van der Waals surface area contributed by atoms with Crippen molar-refractivity contribution in [1.29, 1.82) is 0 Å². The molecule has 3 N–H and O–H groups in total. The van der Waals surface area contributed by atoms with Crippen molar-refractivity contribution in [3.63, 3.8) is 0 Å². The van der Waals surface area contributed by atoms with E-state index in [1.54, 1.807) is 6.20 Å². The summed E-state index contributed by atoms with van der Waals surface area (Å²) in [5.41, 5.74) is 10.5. The van der Waals surface area contributed by atoms with Gasteiger partial charge in [0.15, 0.2) is 6.61 Å². The summed E-state index contributed by atoms with van der Waals surface area (Å²) in [4.78, 5) is 20.7. The summed E-state index contributed by atoms with van der Waals surface area (Å²) in [5, 5.41) is 4.09. The van der Waals surface area contributed by atoms with E-state index in [-0.39, 0.29) is 6.61 Å². The Morgan fingerprint density at radius 1 is 1.19 bits per heavy atom. The molecule has 164 valence electrons. The van der Waals surface area contributed by atoms with Crippen LogP contribution in [0.1, 0.15) is 23.7 Å². The molecule has 4 rings (SSSR count). The number of aryl methyl sites for hydroxylation is 3. The summed E-state index contributed by atoms with van der Waals surface area (Å²) in [5.74, 6) is 1.24. The van der Waals surface area contributed by atoms with Crippen LogP contribution in [0.2, 0.25) is 5.02 Å². The number of carbonyl (C=O) groups excluding carboxylic acids is 1. The Balaban J connectivity index is 1.99. The van der Waals surface area contributed by atoms with Crippen LogP contribution in [0.3, 0.4) is 0 Å². The van der Waals surface area contributed by atoms with Crippen LogP contribution >= 0.6 is 11.6 Å². The highest BCUT2D eigenvalue weighted by Crippen LogP contribution is 2.40. The Kier molecular flexibility index (Phi) is 6.01. The predicted octanol–water partition coefficient (Wildman–Crippen LogP) is 4.84. The molecule has 2 aromatic carbocycles. The molecule has 0 fully saturated rings. The molecule has 2 heterocycles. The molecule has 4 aromatic rings. The Bertz CT molecular complexity index is 1300. The average Bonchev–Trinajstić information content (AvgIpc) is 3.13. The highest BCUT2D eigenvalue weighted by atomic mass is 35.5. The number of nitrogens with zero attached hydrogens (tertiary/aromatic N) is 3. The number of benzene rings is 2. The zero-order chi connectivity index (χ0) is 22.8. The van der Waals surface area contributed by atoms with Crippen LogP contribution in [0.5, 0.6) is 5.75 Å². The molecule has 0 aliphatic rings. The van der Waals surface area contributed by atoms with Crippen molar-refractivity contribution in [3.05, 3.63) is 70.5 Å². The van der Waals surface area contributed by atoms with Crippen LogP contribution in [0, 0.1) is 13.8 Å². The van der Waals surface area contributed by atoms with Crippen molar-refractivity contribution in [2.75, 3.05) is 11.9 Å². The number of rotatable bonds is 7. The minimum absolute atomic E-state index is 0.225. The first-order valence-electron chi connectivity index (χ1n) is 10.3. The van der Waals surface area contributed by atoms with Crippen molar-refractivity contribution in [2.45, 2.75) is 27.2 Å². The number of imidazole rings is 1. The van der Waals surface area contributed by atoms with E-state index in [2.05, 4.69) is 17.2 Å². The lowest BCUT2D eigenvalue weighted by molar-refractivity contribution is -0.119. The topological polar surface area (TPSA) is 94.5 Å². The number of hydrogen-bond acceptors (Lipinski definition) is 5. The predicted molar refractivity (Wildman–Crippen MR) is 127 cm³/mol. The van der Waals surface area contributed by atoms with Gasteiger partial charge in [0.2, 0.25) is 5.78 Å². The lowest BCUT2D eigenvalue weighted by Crippen LogP contribution is -2.20. The van der Waals surface area contributed by atoms with Crippen molar-refractivity contribution in [3.8, 4) is 17.0 Å². The lowest BCUT2D eigenvalue weighted by Gasteiger charge is -2.17. The monoisotopic (exact) mass is 449 g/mol. The van der Waals surface area contributed by atoms with E-state index >= 15 is 0 Å². The smallest absolute Gasteiger partial charge is 0.255 e. The number of nitrogens with one attached hydrogen (secondary N) is 1. The molecular formula is C24H24ClN5O2. The third-order valence-corrected chi connectivity index (χ3v) is 5.60. The van der Waals surface area contributed by atoms with Gasteiger partial charge in [0.05, 0.1) is 10.7 Å². The molecule has 0 saturated carbocycles. The van der Waals surface area contributed by atoms with Gasteiger partial charge in [-0.05, 0) is 49.6 Å². The third kappa shape index (κ3) is 3.99. The number of amides is 1. The highest BCUT2D eigenvalue weighted by Gasteiger charge is 2.23. The SMILES string of the molecule is CCc1cccc(OCC(N)=O)c1-c1nc2nccc(C)n2c1Nc1c(C)cccc1Cl. The van der Waals surface area contributed by atoms with Crippen molar-refractivity contribution in [1.82, 2.24) is 14.4 Å². The first kappa shape index (κ1) is 21.6. The van der Waals surface area contributed by atoms with Gasteiger partial charge in [-0.25, -0.2) is 9.97 Å². The summed E-state index contributed by atoms with van der Waals surface area (Å²) in [6, 6.07) is 13.4. The maximum atomic E-state index is 11.4. The molecule has 2 aromatic heterocycles. The van der Waals surface area contributed by atoms with Gasteiger partial charge in [-0.1, -0.05) is 42.8 Å². The Morgan fingerprint density at radius 2 is 1.97 bits per heavy atom. The zero-order valence-electron chi connectivity index (χ0n) is 18.1.